The first-order chi connectivity index (χ1) is 10.1. The number of pyridine rings is 1. The molecule has 21 heavy (non-hydrogen) atoms. The van der Waals surface area contributed by atoms with Gasteiger partial charge < -0.3 is 15.3 Å². The molecule has 1 aliphatic rings. The summed E-state index contributed by atoms with van der Waals surface area (Å²) >= 11 is 0. The highest BCUT2D eigenvalue weighted by atomic mass is 16.3. The number of aliphatic hydroxyl groups excluding tert-OH is 1. The smallest absolute Gasteiger partial charge is 0.133 e. The number of hydrogen-bond donors (Lipinski definition) is 2. The number of rotatable bonds is 6. The third-order valence-corrected chi connectivity index (χ3v) is 4.51. The van der Waals surface area contributed by atoms with Crippen molar-refractivity contribution in [2.45, 2.75) is 52.2 Å². The van der Waals surface area contributed by atoms with Crippen LogP contribution in [0.15, 0.2) is 18.3 Å². The molecular weight excluding hydrogens is 262 g/mol. The molecule has 0 aromatic carbocycles. The molecule has 0 radical (unpaired) electrons. The lowest BCUT2D eigenvalue weighted by molar-refractivity contribution is 0.109. The van der Waals surface area contributed by atoms with Gasteiger partial charge >= 0.3 is 0 Å². The standard InChI is InChI=1S/C17H29N3O/c1-4-9-18-13(2)16-6-5-10-19-17(16)20-11-7-15(8-12-20)14(3)21/h5-6,10,13-15,18,21H,4,7-9,11-12H2,1-3H3. The summed E-state index contributed by atoms with van der Waals surface area (Å²) in [6.45, 7) is 9.30. The van der Waals surface area contributed by atoms with Gasteiger partial charge in [0.25, 0.3) is 0 Å². The number of anilines is 1. The van der Waals surface area contributed by atoms with E-state index in [0.29, 0.717) is 12.0 Å². The van der Waals surface area contributed by atoms with Gasteiger partial charge in [-0.1, -0.05) is 13.0 Å². The van der Waals surface area contributed by atoms with E-state index in [2.05, 4.69) is 35.1 Å². The summed E-state index contributed by atoms with van der Waals surface area (Å²) in [6.07, 6.45) is 4.92. The van der Waals surface area contributed by atoms with Crippen LogP contribution >= 0.6 is 0 Å². The molecule has 1 aromatic heterocycles. The fourth-order valence-electron chi connectivity index (χ4n) is 3.08. The highest BCUT2D eigenvalue weighted by Gasteiger charge is 2.25. The van der Waals surface area contributed by atoms with Crippen molar-refractivity contribution in [3.05, 3.63) is 23.9 Å². The van der Waals surface area contributed by atoms with Crippen molar-refractivity contribution >= 4 is 5.82 Å². The van der Waals surface area contributed by atoms with Gasteiger partial charge in [-0.2, -0.15) is 0 Å². The van der Waals surface area contributed by atoms with Crippen LogP contribution in [0, 0.1) is 5.92 Å². The molecule has 1 aliphatic heterocycles. The van der Waals surface area contributed by atoms with Crippen molar-refractivity contribution < 1.29 is 5.11 Å². The highest BCUT2D eigenvalue weighted by Crippen LogP contribution is 2.29. The van der Waals surface area contributed by atoms with E-state index in [1.807, 2.05) is 19.2 Å². The van der Waals surface area contributed by atoms with Crippen molar-refractivity contribution in [2.24, 2.45) is 5.92 Å². The van der Waals surface area contributed by atoms with Gasteiger partial charge in [0.1, 0.15) is 5.82 Å². The molecule has 2 heterocycles. The lowest BCUT2D eigenvalue weighted by Crippen LogP contribution is -2.38. The largest absolute Gasteiger partial charge is 0.393 e. The Kier molecular flexibility index (Phi) is 6.00. The summed E-state index contributed by atoms with van der Waals surface area (Å²) in [5, 5.41) is 13.3. The maximum atomic E-state index is 9.73. The average molecular weight is 291 g/mol. The van der Waals surface area contributed by atoms with Crippen LogP contribution < -0.4 is 10.2 Å². The molecule has 4 heteroatoms. The van der Waals surface area contributed by atoms with Crippen molar-refractivity contribution in [1.29, 1.82) is 0 Å². The monoisotopic (exact) mass is 291 g/mol. The number of aliphatic hydroxyl groups is 1. The maximum absolute atomic E-state index is 9.73. The van der Waals surface area contributed by atoms with Gasteiger partial charge in [-0.05, 0) is 51.6 Å². The van der Waals surface area contributed by atoms with E-state index >= 15 is 0 Å². The molecule has 0 amide bonds. The summed E-state index contributed by atoms with van der Waals surface area (Å²) in [7, 11) is 0. The van der Waals surface area contributed by atoms with Gasteiger partial charge in [0.2, 0.25) is 0 Å². The van der Waals surface area contributed by atoms with Crippen LogP contribution in [-0.4, -0.2) is 35.8 Å². The zero-order valence-electron chi connectivity index (χ0n) is 13.5. The van der Waals surface area contributed by atoms with Crippen LogP contribution in [0.1, 0.15) is 51.6 Å². The first-order valence-corrected chi connectivity index (χ1v) is 8.24. The van der Waals surface area contributed by atoms with Crippen LogP contribution in [0.5, 0.6) is 0 Å². The second-order valence-electron chi connectivity index (χ2n) is 6.16. The molecule has 1 aromatic rings. The van der Waals surface area contributed by atoms with Crippen molar-refractivity contribution in [2.75, 3.05) is 24.5 Å². The van der Waals surface area contributed by atoms with E-state index in [1.165, 1.54) is 5.56 Å². The van der Waals surface area contributed by atoms with E-state index in [1.54, 1.807) is 0 Å². The number of aromatic nitrogens is 1. The van der Waals surface area contributed by atoms with Gasteiger partial charge in [-0.25, -0.2) is 4.98 Å². The Hall–Kier alpha value is -1.13. The average Bonchev–Trinajstić information content (AvgIpc) is 2.52. The van der Waals surface area contributed by atoms with Gasteiger partial charge in [-0.3, -0.25) is 0 Å². The molecule has 1 saturated heterocycles. The van der Waals surface area contributed by atoms with E-state index in [9.17, 15) is 5.11 Å². The quantitative estimate of drug-likeness (QED) is 0.846. The van der Waals surface area contributed by atoms with Crippen LogP contribution in [0.3, 0.4) is 0 Å². The maximum Gasteiger partial charge on any atom is 0.133 e. The summed E-state index contributed by atoms with van der Waals surface area (Å²) in [5.74, 6) is 1.54. The Bertz CT molecular complexity index is 428. The third-order valence-electron chi connectivity index (χ3n) is 4.51. The van der Waals surface area contributed by atoms with E-state index in [-0.39, 0.29) is 6.10 Å². The van der Waals surface area contributed by atoms with E-state index < -0.39 is 0 Å². The topological polar surface area (TPSA) is 48.4 Å². The fourth-order valence-corrected chi connectivity index (χ4v) is 3.08. The molecule has 118 valence electrons. The van der Waals surface area contributed by atoms with Crippen LogP contribution in [0.25, 0.3) is 0 Å². The molecule has 2 atom stereocenters. The summed E-state index contributed by atoms with van der Waals surface area (Å²) < 4.78 is 0. The van der Waals surface area contributed by atoms with E-state index in [0.717, 1.165) is 44.7 Å². The molecule has 0 saturated carbocycles. The Labute approximate surface area is 128 Å². The van der Waals surface area contributed by atoms with Gasteiger partial charge in [0, 0.05) is 30.9 Å². The van der Waals surface area contributed by atoms with Gasteiger partial charge in [-0.15, -0.1) is 0 Å². The zero-order valence-corrected chi connectivity index (χ0v) is 13.5. The van der Waals surface area contributed by atoms with Gasteiger partial charge in [0.05, 0.1) is 6.10 Å². The van der Waals surface area contributed by atoms with Crippen molar-refractivity contribution in [3.8, 4) is 0 Å². The number of piperidine rings is 1. The van der Waals surface area contributed by atoms with Crippen LogP contribution in [0.2, 0.25) is 0 Å². The van der Waals surface area contributed by atoms with Crippen LogP contribution in [-0.2, 0) is 0 Å². The fraction of sp³-hybridized carbons (Fsp3) is 0.706. The Morgan fingerprint density at radius 2 is 2.10 bits per heavy atom. The minimum absolute atomic E-state index is 0.194. The van der Waals surface area contributed by atoms with Crippen molar-refractivity contribution in [1.82, 2.24) is 10.3 Å². The molecule has 0 bridgehead atoms. The van der Waals surface area contributed by atoms with Gasteiger partial charge in [0.15, 0.2) is 0 Å². The predicted molar refractivity (Wildman–Crippen MR) is 87.6 cm³/mol. The zero-order chi connectivity index (χ0) is 15.2. The molecule has 1 fully saturated rings. The number of nitrogens with zero attached hydrogens (tertiary/aromatic N) is 2. The Balaban J connectivity index is 2.06. The summed E-state index contributed by atoms with van der Waals surface area (Å²) in [4.78, 5) is 7.00. The summed E-state index contributed by atoms with van der Waals surface area (Å²) in [5.41, 5.74) is 1.28. The third kappa shape index (κ3) is 4.17. The van der Waals surface area contributed by atoms with E-state index in [4.69, 9.17) is 0 Å². The molecular formula is C17H29N3O. The highest BCUT2D eigenvalue weighted by molar-refractivity contribution is 5.48. The minimum Gasteiger partial charge on any atom is -0.393 e. The predicted octanol–water partition coefficient (Wildman–Crippen LogP) is 2.74. The second kappa shape index (κ2) is 7.76. The first kappa shape index (κ1) is 16.2. The Morgan fingerprint density at radius 1 is 1.38 bits per heavy atom. The Morgan fingerprint density at radius 3 is 2.71 bits per heavy atom. The SMILES string of the molecule is CCCNC(C)c1cccnc1N1CCC(C(C)O)CC1. The minimum atomic E-state index is -0.194. The van der Waals surface area contributed by atoms with Crippen LogP contribution in [0.4, 0.5) is 5.82 Å². The molecule has 0 spiro atoms. The molecule has 2 unspecified atom stereocenters. The van der Waals surface area contributed by atoms with Crippen molar-refractivity contribution in [3.63, 3.8) is 0 Å². The molecule has 2 N–H and O–H groups in total. The normalized spacial score (nSPS) is 19.5. The first-order valence-electron chi connectivity index (χ1n) is 8.24. The second-order valence-corrected chi connectivity index (χ2v) is 6.16. The molecule has 2 rings (SSSR count). The molecule has 4 nitrogen and oxygen atoms in total. The number of nitrogens with one attached hydrogen (secondary N) is 1. The lowest BCUT2D eigenvalue weighted by atomic mass is 9.92. The molecule has 0 aliphatic carbocycles. The number of hydrogen-bond acceptors (Lipinski definition) is 4. The summed E-state index contributed by atoms with van der Waals surface area (Å²) in [6, 6.07) is 4.52. The lowest BCUT2D eigenvalue weighted by Gasteiger charge is -2.35.